The second-order valence-electron chi connectivity index (χ2n) is 7.07. The number of nitrogens with zero attached hydrogens (tertiary/aromatic N) is 1. The quantitative estimate of drug-likeness (QED) is 0.571. The van der Waals surface area contributed by atoms with Gasteiger partial charge in [-0.1, -0.05) is 11.6 Å². The molecule has 0 unspecified atom stereocenters. The molecule has 0 aromatic heterocycles. The molecule has 0 radical (unpaired) electrons. The van der Waals surface area contributed by atoms with Crippen LogP contribution in [-0.4, -0.2) is 56.1 Å². The number of morpholine rings is 1. The highest BCUT2D eigenvalue weighted by molar-refractivity contribution is 5.96. The van der Waals surface area contributed by atoms with E-state index in [-0.39, 0.29) is 11.8 Å². The third-order valence-electron chi connectivity index (χ3n) is 5.01. The molecule has 0 atom stereocenters. The largest absolute Gasteiger partial charge is 0.378 e. The summed E-state index contributed by atoms with van der Waals surface area (Å²) in [6, 6.07) is 7.07. The average Bonchev–Trinajstić information content (AvgIpc) is 2.73. The highest BCUT2D eigenvalue weighted by atomic mass is 16.5. The molecule has 3 rings (SSSR count). The van der Waals surface area contributed by atoms with Crippen molar-refractivity contribution in [3.63, 3.8) is 0 Å². The summed E-state index contributed by atoms with van der Waals surface area (Å²) in [4.78, 5) is 26.3. The van der Waals surface area contributed by atoms with Crippen LogP contribution in [-0.2, 0) is 9.53 Å². The minimum absolute atomic E-state index is 0.00913. The SMILES string of the molecule is O=C(CNCCC1=CCCCC1)Nc1ccc(C(=O)N2CCOCC2)cc1. The molecule has 2 aliphatic rings. The van der Waals surface area contributed by atoms with Crippen molar-refractivity contribution in [3.05, 3.63) is 41.5 Å². The van der Waals surface area contributed by atoms with E-state index in [1.807, 2.05) is 0 Å². The minimum Gasteiger partial charge on any atom is -0.378 e. The fourth-order valence-corrected chi connectivity index (χ4v) is 3.43. The molecule has 1 aliphatic carbocycles. The third kappa shape index (κ3) is 6.19. The summed E-state index contributed by atoms with van der Waals surface area (Å²) >= 11 is 0. The lowest BCUT2D eigenvalue weighted by molar-refractivity contribution is -0.115. The van der Waals surface area contributed by atoms with Gasteiger partial charge in [-0.05, 0) is 62.9 Å². The Morgan fingerprint density at radius 3 is 2.56 bits per heavy atom. The Morgan fingerprint density at radius 2 is 1.85 bits per heavy atom. The molecule has 1 aliphatic heterocycles. The highest BCUT2D eigenvalue weighted by Gasteiger charge is 2.18. The van der Waals surface area contributed by atoms with E-state index < -0.39 is 0 Å². The topological polar surface area (TPSA) is 70.7 Å². The van der Waals surface area contributed by atoms with Crippen molar-refractivity contribution in [2.75, 3.05) is 44.7 Å². The summed E-state index contributed by atoms with van der Waals surface area (Å²) in [5, 5.41) is 6.06. The van der Waals surface area contributed by atoms with Crippen LogP contribution in [0.3, 0.4) is 0 Å². The lowest BCUT2D eigenvalue weighted by Crippen LogP contribution is -2.40. The monoisotopic (exact) mass is 371 g/mol. The number of amides is 2. The van der Waals surface area contributed by atoms with Gasteiger partial charge in [-0.25, -0.2) is 0 Å². The molecule has 1 heterocycles. The molecule has 0 saturated carbocycles. The maximum atomic E-state index is 12.4. The van der Waals surface area contributed by atoms with Gasteiger partial charge in [0, 0.05) is 24.3 Å². The number of anilines is 1. The molecule has 2 N–H and O–H groups in total. The van der Waals surface area contributed by atoms with Crippen LogP contribution in [0.15, 0.2) is 35.9 Å². The van der Waals surface area contributed by atoms with Crippen molar-refractivity contribution >= 4 is 17.5 Å². The molecule has 27 heavy (non-hydrogen) atoms. The van der Waals surface area contributed by atoms with Crippen LogP contribution in [0, 0.1) is 0 Å². The van der Waals surface area contributed by atoms with Gasteiger partial charge in [-0.15, -0.1) is 0 Å². The van der Waals surface area contributed by atoms with E-state index in [9.17, 15) is 9.59 Å². The molecule has 1 saturated heterocycles. The van der Waals surface area contributed by atoms with Gasteiger partial charge in [0.2, 0.25) is 5.91 Å². The zero-order valence-corrected chi connectivity index (χ0v) is 15.8. The van der Waals surface area contributed by atoms with Crippen LogP contribution in [0.5, 0.6) is 0 Å². The van der Waals surface area contributed by atoms with Crippen molar-refractivity contribution in [2.24, 2.45) is 0 Å². The molecule has 1 aromatic rings. The van der Waals surface area contributed by atoms with Crippen LogP contribution >= 0.6 is 0 Å². The van der Waals surface area contributed by atoms with Gasteiger partial charge in [0.05, 0.1) is 19.8 Å². The Hall–Kier alpha value is -2.18. The highest BCUT2D eigenvalue weighted by Crippen LogP contribution is 2.19. The van der Waals surface area contributed by atoms with Gasteiger partial charge in [0.15, 0.2) is 0 Å². The lowest BCUT2D eigenvalue weighted by atomic mass is 9.97. The first-order valence-electron chi connectivity index (χ1n) is 9.88. The molecular formula is C21H29N3O3. The summed E-state index contributed by atoms with van der Waals surface area (Å²) in [6.07, 6.45) is 8.34. The molecule has 1 aromatic carbocycles. The number of benzene rings is 1. The Labute approximate surface area is 161 Å². The summed E-state index contributed by atoms with van der Waals surface area (Å²) in [7, 11) is 0. The fraction of sp³-hybridized carbons (Fsp3) is 0.524. The number of hydrogen-bond acceptors (Lipinski definition) is 4. The van der Waals surface area contributed by atoms with Gasteiger partial charge >= 0.3 is 0 Å². The van der Waals surface area contributed by atoms with E-state index in [0.717, 1.165) is 13.0 Å². The predicted octanol–water partition coefficient (Wildman–Crippen LogP) is 2.58. The maximum absolute atomic E-state index is 12.4. The molecule has 6 nitrogen and oxygen atoms in total. The van der Waals surface area contributed by atoms with Crippen LogP contribution in [0.4, 0.5) is 5.69 Å². The predicted molar refractivity (Wildman–Crippen MR) is 106 cm³/mol. The van der Waals surface area contributed by atoms with Crippen molar-refractivity contribution in [2.45, 2.75) is 32.1 Å². The summed E-state index contributed by atoms with van der Waals surface area (Å²) in [5.41, 5.74) is 2.85. The van der Waals surface area contributed by atoms with E-state index in [2.05, 4.69) is 16.7 Å². The molecule has 1 fully saturated rings. The first kappa shape index (κ1) is 19.6. The smallest absolute Gasteiger partial charge is 0.254 e. The third-order valence-corrected chi connectivity index (χ3v) is 5.01. The van der Waals surface area contributed by atoms with Crippen LogP contribution in [0.2, 0.25) is 0 Å². The summed E-state index contributed by atoms with van der Waals surface area (Å²) in [5.74, 6) is -0.0604. The number of ether oxygens (including phenoxy) is 1. The summed E-state index contributed by atoms with van der Waals surface area (Å²) in [6.45, 7) is 3.54. The van der Waals surface area contributed by atoms with Crippen LogP contribution < -0.4 is 10.6 Å². The Balaban J connectivity index is 1.39. The van der Waals surface area contributed by atoms with E-state index >= 15 is 0 Å². The van der Waals surface area contributed by atoms with E-state index in [4.69, 9.17) is 4.74 Å². The number of hydrogen-bond donors (Lipinski definition) is 2. The Morgan fingerprint density at radius 1 is 1.07 bits per heavy atom. The second-order valence-corrected chi connectivity index (χ2v) is 7.07. The molecule has 0 spiro atoms. The second kappa shape index (κ2) is 10.2. The molecule has 146 valence electrons. The van der Waals surface area contributed by atoms with Crippen molar-refractivity contribution < 1.29 is 14.3 Å². The molecular weight excluding hydrogens is 342 g/mol. The first-order valence-corrected chi connectivity index (χ1v) is 9.88. The Bertz CT molecular complexity index is 664. The zero-order valence-electron chi connectivity index (χ0n) is 15.8. The maximum Gasteiger partial charge on any atom is 0.254 e. The van der Waals surface area contributed by atoms with E-state index in [0.29, 0.717) is 44.1 Å². The zero-order chi connectivity index (χ0) is 18.9. The van der Waals surface area contributed by atoms with Gasteiger partial charge < -0.3 is 20.3 Å². The standard InChI is InChI=1S/C21H29N3O3/c25-20(16-22-11-10-17-4-2-1-3-5-17)23-19-8-6-18(7-9-19)21(26)24-12-14-27-15-13-24/h4,6-9,22H,1-3,5,10-16H2,(H,23,25). The summed E-state index contributed by atoms with van der Waals surface area (Å²) < 4.78 is 5.27. The minimum atomic E-state index is -0.0696. The number of carbonyl (C=O) groups is 2. The normalized spacial score (nSPS) is 17.3. The van der Waals surface area contributed by atoms with Gasteiger partial charge in [0.1, 0.15) is 0 Å². The van der Waals surface area contributed by atoms with Crippen LogP contribution in [0.25, 0.3) is 0 Å². The average molecular weight is 371 g/mol. The van der Waals surface area contributed by atoms with E-state index in [1.54, 1.807) is 29.2 Å². The number of allylic oxidation sites excluding steroid dienone is 1. The number of rotatable bonds is 7. The molecule has 6 heteroatoms. The van der Waals surface area contributed by atoms with Crippen molar-refractivity contribution in [1.29, 1.82) is 0 Å². The van der Waals surface area contributed by atoms with Gasteiger partial charge in [0.25, 0.3) is 5.91 Å². The molecule has 2 amide bonds. The number of nitrogens with one attached hydrogen (secondary N) is 2. The van der Waals surface area contributed by atoms with E-state index in [1.165, 1.54) is 31.3 Å². The van der Waals surface area contributed by atoms with Crippen LogP contribution in [0.1, 0.15) is 42.5 Å². The first-order chi connectivity index (χ1) is 13.2. The van der Waals surface area contributed by atoms with Crippen molar-refractivity contribution in [1.82, 2.24) is 10.2 Å². The van der Waals surface area contributed by atoms with Gasteiger partial charge in [-0.2, -0.15) is 0 Å². The van der Waals surface area contributed by atoms with Gasteiger partial charge in [-0.3, -0.25) is 9.59 Å². The fourth-order valence-electron chi connectivity index (χ4n) is 3.43. The van der Waals surface area contributed by atoms with Crippen molar-refractivity contribution in [3.8, 4) is 0 Å². The lowest BCUT2D eigenvalue weighted by Gasteiger charge is -2.26. The molecule has 0 bridgehead atoms. The number of carbonyl (C=O) groups excluding carboxylic acids is 2. The Kier molecular flexibility index (Phi) is 7.42.